The molecule has 0 radical (unpaired) electrons. The molecule has 2 aromatic carbocycles. The van der Waals surface area contributed by atoms with Crippen LogP contribution in [0, 0.1) is 0 Å². The summed E-state index contributed by atoms with van der Waals surface area (Å²) in [5, 5.41) is 0. The summed E-state index contributed by atoms with van der Waals surface area (Å²) in [6, 6.07) is 14.5. The number of anilines is 1. The summed E-state index contributed by atoms with van der Waals surface area (Å²) in [6.07, 6.45) is -0.302. The SMILES string of the molecule is CCOc1ccc(CC(=O)c2ccccc2)c(N(C)C(=O)OC(C)(C)C)c1. The highest BCUT2D eigenvalue weighted by molar-refractivity contribution is 5.99. The van der Waals surface area contributed by atoms with Gasteiger partial charge in [-0.1, -0.05) is 36.4 Å². The predicted molar refractivity (Wildman–Crippen MR) is 107 cm³/mol. The van der Waals surface area contributed by atoms with Gasteiger partial charge in [0.25, 0.3) is 0 Å². The van der Waals surface area contributed by atoms with Gasteiger partial charge in [-0.25, -0.2) is 4.79 Å². The summed E-state index contributed by atoms with van der Waals surface area (Å²) in [5.74, 6) is 0.623. The zero-order valence-electron chi connectivity index (χ0n) is 16.6. The van der Waals surface area contributed by atoms with E-state index in [9.17, 15) is 9.59 Å². The number of ketones is 1. The van der Waals surface area contributed by atoms with E-state index in [4.69, 9.17) is 9.47 Å². The van der Waals surface area contributed by atoms with Crippen LogP contribution in [0.25, 0.3) is 0 Å². The maximum Gasteiger partial charge on any atom is 0.414 e. The highest BCUT2D eigenvalue weighted by atomic mass is 16.6. The Morgan fingerprint density at radius 1 is 1.04 bits per heavy atom. The van der Waals surface area contributed by atoms with Crippen LogP contribution in [0.3, 0.4) is 0 Å². The van der Waals surface area contributed by atoms with E-state index in [0.717, 1.165) is 5.56 Å². The van der Waals surface area contributed by atoms with Crippen LogP contribution < -0.4 is 9.64 Å². The highest BCUT2D eigenvalue weighted by Gasteiger charge is 2.23. The Kier molecular flexibility index (Phi) is 6.61. The zero-order valence-corrected chi connectivity index (χ0v) is 16.6. The molecule has 0 aliphatic rings. The lowest BCUT2D eigenvalue weighted by Crippen LogP contribution is -2.34. The minimum Gasteiger partial charge on any atom is -0.494 e. The quantitative estimate of drug-likeness (QED) is 0.681. The smallest absolute Gasteiger partial charge is 0.414 e. The number of benzene rings is 2. The van der Waals surface area contributed by atoms with Crippen molar-refractivity contribution in [3.63, 3.8) is 0 Å². The van der Waals surface area contributed by atoms with Crippen molar-refractivity contribution in [1.29, 1.82) is 0 Å². The number of carbonyl (C=O) groups excluding carboxylic acids is 2. The van der Waals surface area contributed by atoms with Crippen molar-refractivity contribution >= 4 is 17.6 Å². The van der Waals surface area contributed by atoms with Crippen LogP contribution >= 0.6 is 0 Å². The second-order valence-corrected chi connectivity index (χ2v) is 7.23. The molecule has 0 aliphatic carbocycles. The maximum atomic E-state index is 12.6. The van der Waals surface area contributed by atoms with Crippen LogP contribution in [-0.4, -0.2) is 31.1 Å². The van der Waals surface area contributed by atoms with Crippen LogP contribution in [-0.2, 0) is 11.2 Å². The van der Waals surface area contributed by atoms with E-state index in [1.807, 2.05) is 58.0 Å². The van der Waals surface area contributed by atoms with Crippen LogP contribution in [0.2, 0.25) is 0 Å². The molecular formula is C22H27NO4. The lowest BCUT2D eigenvalue weighted by atomic mass is 10.0. The van der Waals surface area contributed by atoms with Crippen LogP contribution in [0.5, 0.6) is 5.75 Å². The van der Waals surface area contributed by atoms with E-state index >= 15 is 0 Å². The third kappa shape index (κ3) is 5.84. The van der Waals surface area contributed by atoms with Crippen LogP contribution in [0.1, 0.15) is 43.6 Å². The molecule has 5 heteroatoms. The van der Waals surface area contributed by atoms with Crippen molar-refractivity contribution in [3.8, 4) is 5.75 Å². The molecule has 2 rings (SSSR count). The first-order valence-electron chi connectivity index (χ1n) is 9.02. The number of rotatable bonds is 6. The average Bonchev–Trinajstić information content (AvgIpc) is 2.62. The second-order valence-electron chi connectivity index (χ2n) is 7.23. The summed E-state index contributed by atoms with van der Waals surface area (Å²) in [4.78, 5) is 26.6. The Hall–Kier alpha value is -2.82. The van der Waals surface area contributed by atoms with Gasteiger partial charge in [0.15, 0.2) is 5.78 Å². The number of carbonyl (C=O) groups is 2. The van der Waals surface area contributed by atoms with Gasteiger partial charge in [-0.3, -0.25) is 9.69 Å². The van der Waals surface area contributed by atoms with Gasteiger partial charge in [0, 0.05) is 25.1 Å². The number of Topliss-reactive ketones (excluding diaryl/α,β-unsaturated/α-hetero) is 1. The fourth-order valence-electron chi connectivity index (χ4n) is 2.59. The van der Waals surface area contributed by atoms with Gasteiger partial charge in [0.05, 0.1) is 12.3 Å². The normalized spacial score (nSPS) is 11.0. The minimum absolute atomic E-state index is 0.0152. The number of hydrogen-bond acceptors (Lipinski definition) is 4. The first kappa shape index (κ1) is 20.5. The average molecular weight is 369 g/mol. The fraction of sp³-hybridized carbons (Fsp3) is 0.364. The Bertz CT molecular complexity index is 794. The summed E-state index contributed by atoms with van der Waals surface area (Å²) < 4.78 is 11.0. The molecule has 0 atom stereocenters. The Labute approximate surface area is 160 Å². The molecule has 0 saturated carbocycles. The summed E-state index contributed by atoms with van der Waals surface area (Å²) in [7, 11) is 1.63. The molecule has 1 amide bonds. The number of hydrogen-bond donors (Lipinski definition) is 0. The molecule has 144 valence electrons. The Morgan fingerprint density at radius 2 is 1.70 bits per heavy atom. The molecule has 0 heterocycles. The van der Waals surface area contributed by atoms with Crippen molar-refractivity contribution in [2.75, 3.05) is 18.6 Å². The van der Waals surface area contributed by atoms with Crippen molar-refractivity contribution in [2.24, 2.45) is 0 Å². The van der Waals surface area contributed by atoms with Crippen molar-refractivity contribution < 1.29 is 19.1 Å². The minimum atomic E-state index is -0.608. The van der Waals surface area contributed by atoms with Gasteiger partial charge in [-0.05, 0) is 39.3 Å². The number of amides is 1. The molecular weight excluding hydrogens is 342 g/mol. The topological polar surface area (TPSA) is 55.8 Å². The van der Waals surface area contributed by atoms with Gasteiger partial charge in [0.2, 0.25) is 0 Å². The molecule has 27 heavy (non-hydrogen) atoms. The molecule has 0 aliphatic heterocycles. The molecule has 2 aromatic rings. The molecule has 0 aromatic heterocycles. The van der Waals surface area contributed by atoms with E-state index in [1.54, 1.807) is 25.2 Å². The van der Waals surface area contributed by atoms with E-state index in [1.165, 1.54) is 4.90 Å². The lowest BCUT2D eigenvalue weighted by Gasteiger charge is -2.26. The molecule has 0 unspecified atom stereocenters. The molecule has 0 saturated heterocycles. The van der Waals surface area contributed by atoms with Crippen molar-refractivity contribution in [2.45, 2.75) is 39.7 Å². The molecule has 0 spiro atoms. The van der Waals surface area contributed by atoms with Gasteiger partial charge >= 0.3 is 6.09 Å². The Balaban J connectivity index is 2.33. The number of nitrogens with zero attached hydrogens (tertiary/aromatic N) is 1. The molecule has 5 nitrogen and oxygen atoms in total. The molecule has 0 N–H and O–H groups in total. The highest BCUT2D eigenvalue weighted by Crippen LogP contribution is 2.28. The first-order valence-corrected chi connectivity index (χ1v) is 9.02. The van der Waals surface area contributed by atoms with Crippen molar-refractivity contribution in [3.05, 3.63) is 59.7 Å². The summed E-state index contributed by atoms with van der Waals surface area (Å²) in [6.45, 7) is 7.85. The van der Waals surface area contributed by atoms with E-state index in [0.29, 0.717) is 23.6 Å². The van der Waals surface area contributed by atoms with Gasteiger partial charge < -0.3 is 9.47 Å². The van der Waals surface area contributed by atoms with Crippen molar-refractivity contribution in [1.82, 2.24) is 0 Å². The van der Waals surface area contributed by atoms with E-state index in [-0.39, 0.29) is 12.2 Å². The fourth-order valence-corrected chi connectivity index (χ4v) is 2.59. The van der Waals surface area contributed by atoms with Gasteiger partial charge in [-0.15, -0.1) is 0 Å². The summed E-state index contributed by atoms with van der Waals surface area (Å²) >= 11 is 0. The van der Waals surface area contributed by atoms with Gasteiger partial charge in [-0.2, -0.15) is 0 Å². The monoisotopic (exact) mass is 369 g/mol. The third-order valence-electron chi connectivity index (χ3n) is 3.84. The second kappa shape index (κ2) is 8.71. The van der Waals surface area contributed by atoms with Crippen LogP contribution in [0.4, 0.5) is 10.5 Å². The Morgan fingerprint density at radius 3 is 2.30 bits per heavy atom. The predicted octanol–water partition coefficient (Wildman–Crippen LogP) is 4.88. The largest absolute Gasteiger partial charge is 0.494 e. The summed E-state index contributed by atoms with van der Waals surface area (Å²) in [5.41, 5.74) is 1.36. The standard InChI is InChI=1S/C22H27NO4/c1-6-26-18-13-12-17(14-20(24)16-10-8-7-9-11-16)19(15-18)23(5)21(25)27-22(2,3)4/h7-13,15H,6,14H2,1-5H3. The molecule has 0 bridgehead atoms. The van der Waals surface area contributed by atoms with Crippen LogP contribution in [0.15, 0.2) is 48.5 Å². The first-order chi connectivity index (χ1) is 12.7. The number of ether oxygens (including phenoxy) is 2. The maximum absolute atomic E-state index is 12.6. The lowest BCUT2D eigenvalue weighted by molar-refractivity contribution is 0.0588. The zero-order chi connectivity index (χ0) is 20.0. The third-order valence-corrected chi connectivity index (χ3v) is 3.84. The van der Waals surface area contributed by atoms with E-state index < -0.39 is 11.7 Å². The molecule has 0 fully saturated rings. The van der Waals surface area contributed by atoms with E-state index in [2.05, 4.69) is 0 Å². The van der Waals surface area contributed by atoms with Gasteiger partial charge in [0.1, 0.15) is 11.4 Å².